The van der Waals surface area contributed by atoms with Crippen molar-refractivity contribution in [3.8, 4) is 5.75 Å². The first-order valence-corrected chi connectivity index (χ1v) is 9.10. The number of ether oxygens (including phenoxy) is 1. The second-order valence-corrected chi connectivity index (χ2v) is 8.72. The summed E-state index contributed by atoms with van der Waals surface area (Å²) < 4.78 is 7.16. The summed E-state index contributed by atoms with van der Waals surface area (Å²) in [5.74, 6) is 0.943. The highest BCUT2D eigenvalue weighted by atomic mass is 79.9. The lowest BCUT2D eigenvalue weighted by Crippen LogP contribution is -2.33. The van der Waals surface area contributed by atoms with Crippen LogP contribution in [0.4, 0.5) is 0 Å². The van der Waals surface area contributed by atoms with Gasteiger partial charge in [-0.25, -0.2) is 0 Å². The molecular weight excluding hydrogens is 348 g/mol. The van der Waals surface area contributed by atoms with Gasteiger partial charge in [0.2, 0.25) is 0 Å². The van der Waals surface area contributed by atoms with E-state index < -0.39 is 0 Å². The monoisotopic (exact) mass is 372 g/mol. The summed E-state index contributed by atoms with van der Waals surface area (Å²) >= 11 is 3.71. The standard InChI is InChI=1S/C21H25BrO/c1-20(2)10-11-21(3,4)17-13-19(18(22)12-16(17)20)23-14-15-8-6-5-7-9-15/h5-9,12-13H,10-11,14H2,1-4H3. The van der Waals surface area contributed by atoms with Crippen molar-refractivity contribution in [3.05, 3.63) is 63.6 Å². The molecule has 0 saturated carbocycles. The van der Waals surface area contributed by atoms with Crippen LogP contribution >= 0.6 is 15.9 Å². The molecule has 0 radical (unpaired) electrons. The predicted molar refractivity (Wildman–Crippen MR) is 100 cm³/mol. The van der Waals surface area contributed by atoms with E-state index >= 15 is 0 Å². The molecule has 0 heterocycles. The van der Waals surface area contributed by atoms with Crippen LogP contribution in [-0.2, 0) is 17.4 Å². The fraction of sp³-hybridized carbons (Fsp3) is 0.429. The van der Waals surface area contributed by atoms with Gasteiger partial charge in [0.05, 0.1) is 4.47 Å². The fourth-order valence-electron chi connectivity index (χ4n) is 3.41. The number of rotatable bonds is 3. The maximum atomic E-state index is 6.10. The third-order valence-electron chi connectivity index (χ3n) is 5.14. The van der Waals surface area contributed by atoms with Crippen LogP contribution in [0.15, 0.2) is 46.9 Å². The van der Waals surface area contributed by atoms with Crippen molar-refractivity contribution in [2.24, 2.45) is 0 Å². The third-order valence-corrected chi connectivity index (χ3v) is 5.76. The van der Waals surface area contributed by atoms with Gasteiger partial charge in [0.1, 0.15) is 12.4 Å². The molecule has 122 valence electrons. The zero-order valence-electron chi connectivity index (χ0n) is 14.4. The molecule has 2 aromatic carbocycles. The van der Waals surface area contributed by atoms with Gasteiger partial charge in [-0.3, -0.25) is 0 Å². The first-order chi connectivity index (χ1) is 10.8. The van der Waals surface area contributed by atoms with Gasteiger partial charge in [-0.1, -0.05) is 58.0 Å². The summed E-state index contributed by atoms with van der Waals surface area (Å²) in [5, 5.41) is 0. The Morgan fingerprint density at radius 1 is 0.913 bits per heavy atom. The molecule has 1 aliphatic carbocycles. The van der Waals surface area contributed by atoms with Crippen LogP contribution in [0.1, 0.15) is 57.2 Å². The third kappa shape index (κ3) is 3.33. The van der Waals surface area contributed by atoms with Crippen molar-refractivity contribution >= 4 is 15.9 Å². The highest BCUT2D eigenvalue weighted by molar-refractivity contribution is 9.10. The molecular formula is C21H25BrO. The Kier molecular flexibility index (Phi) is 4.31. The quantitative estimate of drug-likeness (QED) is 0.607. The summed E-state index contributed by atoms with van der Waals surface area (Å²) in [6, 6.07) is 14.8. The predicted octanol–water partition coefficient (Wildman–Crippen LogP) is 6.38. The molecule has 23 heavy (non-hydrogen) atoms. The number of halogens is 1. The summed E-state index contributed by atoms with van der Waals surface area (Å²) in [4.78, 5) is 0. The first-order valence-electron chi connectivity index (χ1n) is 8.31. The minimum atomic E-state index is 0.205. The van der Waals surface area contributed by atoms with Gasteiger partial charge in [-0.2, -0.15) is 0 Å². The van der Waals surface area contributed by atoms with Gasteiger partial charge in [-0.05, 0) is 68.4 Å². The molecule has 0 fully saturated rings. The van der Waals surface area contributed by atoms with E-state index in [1.807, 2.05) is 18.2 Å². The van der Waals surface area contributed by atoms with Gasteiger partial charge >= 0.3 is 0 Å². The Bertz CT molecular complexity index is 701. The largest absolute Gasteiger partial charge is 0.488 e. The summed E-state index contributed by atoms with van der Waals surface area (Å²) in [5.41, 5.74) is 4.51. The Morgan fingerprint density at radius 2 is 1.48 bits per heavy atom. The highest BCUT2D eigenvalue weighted by Crippen LogP contribution is 2.48. The van der Waals surface area contributed by atoms with Gasteiger partial charge in [0, 0.05) is 0 Å². The zero-order valence-corrected chi connectivity index (χ0v) is 16.0. The molecule has 0 saturated heterocycles. The van der Waals surface area contributed by atoms with Crippen molar-refractivity contribution in [1.29, 1.82) is 0 Å². The molecule has 0 N–H and O–H groups in total. The topological polar surface area (TPSA) is 9.23 Å². The van der Waals surface area contributed by atoms with Crippen LogP contribution in [-0.4, -0.2) is 0 Å². The van der Waals surface area contributed by atoms with Crippen LogP contribution in [0, 0.1) is 0 Å². The Hall–Kier alpha value is -1.28. The molecule has 1 aliphatic rings. The number of benzene rings is 2. The lowest BCUT2D eigenvalue weighted by Gasteiger charge is -2.42. The SMILES string of the molecule is CC1(C)CCC(C)(C)c2cc(OCc3ccccc3)c(Br)cc21. The first kappa shape index (κ1) is 16.6. The number of fused-ring (bicyclic) bond motifs is 1. The average Bonchev–Trinajstić information content (AvgIpc) is 2.51. The minimum absolute atomic E-state index is 0.205. The lowest BCUT2D eigenvalue weighted by atomic mass is 9.63. The Morgan fingerprint density at radius 3 is 2.09 bits per heavy atom. The normalized spacial score (nSPS) is 18.3. The van der Waals surface area contributed by atoms with Crippen LogP contribution < -0.4 is 4.74 Å². The fourth-order valence-corrected chi connectivity index (χ4v) is 3.87. The van der Waals surface area contributed by atoms with E-state index in [1.54, 1.807) is 0 Å². The van der Waals surface area contributed by atoms with Crippen molar-refractivity contribution < 1.29 is 4.74 Å². The highest BCUT2D eigenvalue weighted by Gasteiger charge is 2.37. The second kappa shape index (κ2) is 5.98. The van der Waals surface area contributed by atoms with Gasteiger partial charge in [0.15, 0.2) is 0 Å². The summed E-state index contributed by atoms with van der Waals surface area (Å²) in [7, 11) is 0. The van der Waals surface area contributed by atoms with Gasteiger partial charge in [-0.15, -0.1) is 0 Å². The van der Waals surface area contributed by atoms with Crippen molar-refractivity contribution in [2.45, 2.75) is 58.0 Å². The molecule has 2 heteroatoms. The van der Waals surface area contributed by atoms with E-state index in [1.165, 1.54) is 29.5 Å². The Balaban J connectivity index is 1.94. The van der Waals surface area contributed by atoms with Crippen LogP contribution in [0.5, 0.6) is 5.75 Å². The summed E-state index contributed by atoms with van der Waals surface area (Å²) in [6.45, 7) is 9.98. The van der Waals surface area contributed by atoms with Crippen LogP contribution in [0.3, 0.4) is 0 Å². The summed E-state index contributed by atoms with van der Waals surface area (Å²) in [6.07, 6.45) is 2.44. The second-order valence-electron chi connectivity index (χ2n) is 7.87. The molecule has 0 bridgehead atoms. The minimum Gasteiger partial charge on any atom is -0.488 e. The maximum absolute atomic E-state index is 6.10. The van der Waals surface area contributed by atoms with E-state index in [9.17, 15) is 0 Å². The van der Waals surface area contributed by atoms with Gasteiger partial charge in [0.25, 0.3) is 0 Å². The van der Waals surface area contributed by atoms with E-state index in [4.69, 9.17) is 4.74 Å². The molecule has 3 rings (SSSR count). The number of hydrogen-bond donors (Lipinski definition) is 0. The maximum Gasteiger partial charge on any atom is 0.134 e. The lowest BCUT2D eigenvalue weighted by molar-refractivity contribution is 0.296. The smallest absolute Gasteiger partial charge is 0.134 e. The molecule has 0 aromatic heterocycles. The Labute approximate surface area is 148 Å². The van der Waals surface area contributed by atoms with E-state index in [-0.39, 0.29) is 10.8 Å². The molecule has 0 aliphatic heterocycles. The van der Waals surface area contributed by atoms with E-state index in [0.29, 0.717) is 6.61 Å². The van der Waals surface area contributed by atoms with Crippen molar-refractivity contribution in [3.63, 3.8) is 0 Å². The van der Waals surface area contributed by atoms with E-state index in [0.717, 1.165) is 10.2 Å². The molecule has 0 unspecified atom stereocenters. The zero-order chi connectivity index (χ0) is 16.7. The van der Waals surface area contributed by atoms with Gasteiger partial charge < -0.3 is 4.74 Å². The molecule has 2 aromatic rings. The number of hydrogen-bond acceptors (Lipinski definition) is 1. The molecule has 1 nitrogen and oxygen atoms in total. The van der Waals surface area contributed by atoms with E-state index in [2.05, 4.69) is 67.9 Å². The molecule has 0 atom stereocenters. The van der Waals surface area contributed by atoms with Crippen LogP contribution in [0.25, 0.3) is 0 Å². The average molecular weight is 373 g/mol. The van der Waals surface area contributed by atoms with Crippen LogP contribution in [0.2, 0.25) is 0 Å². The molecule has 0 amide bonds. The van der Waals surface area contributed by atoms with Crippen molar-refractivity contribution in [2.75, 3.05) is 0 Å². The van der Waals surface area contributed by atoms with Crippen molar-refractivity contribution in [1.82, 2.24) is 0 Å². The molecule has 0 spiro atoms.